The van der Waals surface area contributed by atoms with Crippen molar-refractivity contribution < 1.29 is 0 Å². The molecule has 0 aromatic carbocycles. The summed E-state index contributed by atoms with van der Waals surface area (Å²) in [5.74, 6) is 0.849. The van der Waals surface area contributed by atoms with Gasteiger partial charge in [0, 0.05) is 18.1 Å². The van der Waals surface area contributed by atoms with Gasteiger partial charge >= 0.3 is 0 Å². The van der Waals surface area contributed by atoms with Gasteiger partial charge in [-0.15, -0.1) is 11.6 Å². The van der Waals surface area contributed by atoms with Gasteiger partial charge in [0.05, 0.1) is 0 Å². The standard InChI is InChI=1S/C8H12ClN3/c1-7(9)2-5-11-8-3-4-10-6-12-8/h3-4,6-7H,2,5H2,1H3,(H,10,11,12). The van der Waals surface area contributed by atoms with Crippen LogP contribution in [0.25, 0.3) is 0 Å². The minimum atomic E-state index is 0.208. The molecule has 0 radical (unpaired) electrons. The molecular formula is C8H12ClN3. The van der Waals surface area contributed by atoms with Crippen molar-refractivity contribution in [1.29, 1.82) is 0 Å². The van der Waals surface area contributed by atoms with Crippen LogP contribution in [0.5, 0.6) is 0 Å². The number of nitrogens with one attached hydrogen (secondary N) is 1. The Kier molecular flexibility index (Phi) is 3.80. The van der Waals surface area contributed by atoms with Crippen LogP contribution in [0.1, 0.15) is 13.3 Å². The summed E-state index contributed by atoms with van der Waals surface area (Å²) in [7, 11) is 0. The molecule has 0 fully saturated rings. The zero-order valence-electron chi connectivity index (χ0n) is 7.00. The van der Waals surface area contributed by atoms with Gasteiger partial charge in [-0.1, -0.05) is 0 Å². The van der Waals surface area contributed by atoms with Crippen molar-refractivity contribution in [2.24, 2.45) is 0 Å². The molecule has 1 unspecified atom stereocenters. The molecule has 0 saturated heterocycles. The lowest BCUT2D eigenvalue weighted by molar-refractivity contribution is 0.838. The third-order valence-electron chi connectivity index (χ3n) is 1.43. The molecule has 0 saturated carbocycles. The van der Waals surface area contributed by atoms with E-state index >= 15 is 0 Å². The van der Waals surface area contributed by atoms with Crippen molar-refractivity contribution in [2.75, 3.05) is 11.9 Å². The van der Waals surface area contributed by atoms with E-state index in [2.05, 4.69) is 15.3 Å². The second-order valence-electron chi connectivity index (χ2n) is 2.59. The minimum Gasteiger partial charge on any atom is -0.370 e. The average molecular weight is 186 g/mol. The smallest absolute Gasteiger partial charge is 0.129 e. The Balaban J connectivity index is 2.25. The Bertz CT molecular complexity index is 213. The number of alkyl halides is 1. The van der Waals surface area contributed by atoms with Crippen LogP contribution in [0, 0.1) is 0 Å². The van der Waals surface area contributed by atoms with Gasteiger partial charge in [0.1, 0.15) is 12.1 Å². The lowest BCUT2D eigenvalue weighted by Gasteiger charge is -2.04. The predicted octanol–water partition coefficient (Wildman–Crippen LogP) is 1.91. The highest BCUT2D eigenvalue weighted by Gasteiger charge is 1.95. The molecule has 4 heteroatoms. The summed E-state index contributed by atoms with van der Waals surface area (Å²) in [4.78, 5) is 7.82. The van der Waals surface area contributed by atoms with E-state index in [4.69, 9.17) is 11.6 Å². The SMILES string of the molecule is CC(Cl)CCNc1ccncn1. The van der Waals surface area contributed by atoms with E-state index in [1.165, 1.54) is 6.33 Å². The van der Waals surface area contributed by atoms with Crippen molar-refractivity contribution in [3.8, 4) is 0 Å². The molecule has 1 aromatic heterocycles. The first-order valence-electron chi connectivity index (χ1n) is 3.93. The van der Waals surface area contributed by atoms with Crippen LogP contribution in [-0.2, 0) is 0 Å². The highest BCUT2D eigenvalue weighted by Crippen LogP contribution is 2.02. The first kappa shape index (κ1) is 9.26. The molecular weight excluding hydrogens is 174 g/mol. The highest BCUT2D eigenvalue weighted by atomic mass is 35.5. The van der Waals surface area contributed by atoms with Crippen LogP contribution in [0.3, 0.4) is 0 Å². The number of halogens is 1. The quantitative estimate of drug-likeness (QED) is 0.729. The largest absolute Gasteiger partial charge is 0.370 e. The Morgan fingerprint density at radius 2 is 2.50 bits per heavy atom. The van der Waals surface area contributed by atoms with E-state index in [9.17, 15) is 0 Å². The fourth-order valence-electron chi connectivity index (χ4n) is 0.794. The molecule has 1 heterocycles. The third-order valence-corrected chi connectivity index (χ3v) is 1.65. The maximum Gasteiger partial charge on any atom is 0.129 e. The molecule has 0 aliphatic carbocycles. The average Bonchev–Trinajstić information content (AvgIpc) is 2.05. The van der Waals surface area contributed by atoms with E-state index in [0.29, 0.717) is 0 Å². The van der Waals surface area contributed by atoms with Gasteiger partial charge in [-0.3, -0.25) is 0 Å². The molecule has 1 N–H and O–H groups in total. The number of nitrogens with zero attached hydrogens (tertiary/aromatic N) is 2. The first-order chi connectivity index (χ1) is 5.79. The Hall–Kier alpha value is -0.830. The van der Waals surface area contributed by atoms with Crippen LogP contribution in [0.2, 0.25) is 0 Å². The summed E-state index contributed by atoms with van der Waals surface area (Å²) in [5.41, 5.74) is 0. The summed E-state index contributed by atoms with van der Waals surface area (Å²) < 4.78 is 0. The second-order valence-corrected chi connectivity index (χ2v) is 3.34. The first-order valence-corrected chi connectivity index (χ1v) is 4.36. The maximum absolute atomic E-state index is 5.77. The van der Waals surface area contributed by atoms with Gasteiger partial charge in [0.15, 0.2) is 0 Å². The normalized spacial score (nSPS) is 12.5. The van der Waals surface area contributed by atoms with Crippen molar-refractivity contribution in [3.05, 3.63) is 18.6 Å². The Morgan fingerprint density at radius 1 is 1.67 bits per heavy atom. The Morgan fingerprint density at radius 3 is 3.08 bits per heavy atom. The number of hydrogen-bond donors (Lipinski definition) is 1. The summed E-state index contributed by atoms with van der Waals surface area (Å²) in [6.45, 7) is 2.82. The second kappa shape index (κ2) is 4.93. The van der Waals surface area contributed by atoms with Crippen LogP contribution >= 0.6 is 11.6 Å². The van der Waals surface area contributed by atoms with Crippen LogP contribution in [0.15, 0.2) is 18.6 Å². The number of hydrogen-bond acceptors (Lipinski definition) is 3. The summed E-state index contributed by atoms with van der Waals surface area (Å²) >= 11 is 5.77. The van der Waals surface area contributed by atoms with Gasteiger partial charge in [-0.2, -0.15) is 0 Å². The van der Waals surface area contributed by atoms with Gasteiger partial charge in [0.25, 0.3) is 0 Å². The Labute approximate surface area is 77.2 Å². The van der Waals surface area contributed by atoms with Gasteiger partial charge < -0.3 is 5.32 Å². The van der Waals surface area contributed by atoms with Gasteiger partial charge in [0.2, 0.25) is 0 Å². The van der Waals surface area contributed by atoms with Crippen LogP contribution in [0.4, 0.5) is 5.82 Å². The molecule has 0 amide bonds. The molecule has 0 spiro atoms. The summed E-state index contributed by atoms with van der Waals surface area (Å²) in [6, 6.07) is 1.83. The fourth-order valence-corrected chi connectivity index (χ4v) is 0.904. The van der Waals surface area contributed by atoms with Crippen LogP contribution in [-0.4, -0.2) is 21.9 Å². The zero-order valence-corrected chi connectivity index (χ0v) is 7.75. The van der Waals surface area contributed by atoms with E-state index < -0.39 is 0 Å². The van der Waals surface area contributed by atoms with Gasteiger partial charge in [-0.05, 0) is 19.4 Å². The maximum atomic E-state index is 5.77. The van der Waals surface area contributed by atoms with E-state index in [-0.39, 0.29) is 5.38 Å². The summed E-state index contributed by atoms with van der Waals surface area (Å²) in [6.07, 6.45) is 4.16. The van der Waals surface area contributed by atoms with E-state index in [1.807, 2.05) is 13.0 Å². The number of aromatic nitrogens is 2. The minimum absolute atomic E-state index is 0.208. The lowest BCUT2D eigenvalue weighted by Crippen LogP contribution is -2.07. The molecule has 3 nitrogen and oxygen atoms in total. The lowest BCUT2D eigenvalue weighted by atomic mass is 10.3. The van der Waals surface area contributed by atoms with E-state index in [1.54, 1.807) is 6.20 Å². The molecule has 1 rings (SSSR count). The molecule has 12 heavy (non-hydrogen) atoms. The summed E-state index contributed by atoms with van der Waals surface area (Å²) in [5, 5.41) is 3.35. The number of anilines is 1. The monoisotopic (exact) mass is 185 g/mol. The molecule has 0 aliphatic rings. The van der Waals surface area contributed by atoms with Crippen molar-refractivity contribution in [2.45, 2.75) is 18.7 Å². The van der Waals surface area contributed by atoms with Crippen molar-refractivity contribution in [1.82, 2.24) is 9.97 Å². The third kappa shape index (κ3) is 3.53. The molecule has 1 aromatic rings. The zero-order chi connectivity index (χ0) is 8.81. The van der Waals surface area contributed by atoms with Crippen molar-refractivity contribution >= 4 is 17.4 Å². The number of rotatable bonds is 4. The van der Waals surface area contributed by atoms with Gasteiger partial charge in [-0.25, -0.2) is 9.97 Å². The molecule has 66 valence electrons. The topological polar surface area (TPSA) is 37.8 Å². The van der Waals surface area contributed by atoms with Crippen molar-refractivity contribution in [3.63, 3.8) is 0 Å². The van der Waals surface area contributed by atoms with Crippen LogP contribution < -0.4 is 5.32 Å². The predicted molar refractivity (Wildman–Crippen MR) is 50.5 cm³/mol. The molecule has 0 aliphatic heterocycles. The molecule has 0 bridgehead atoms. The highest BCUT2D eigenvalue weighted by molar-refractivity contribution is 6.20. The van der Waals surface area contributed by atoms with E-state index in [0.717, 1.165) is 18.8 Å². The molecule has 1 atom stereocenters. The fraction of sp³-hybridized carbons (Fsp3) is 0.500.